The predicted octanol–water partition coefficient (Wildman–Crippen LogP) is 0.518. The van der Waals surface area contributed by atoms with E-state index in [4.69, 9.17) is 9.47 Å². The second kappa shape index (κ2) is 12.5. The van der Waals surface area contributed by atoms with E-state index in [-0.39, 0.29) is 12.1 Å². The molecule has 1 fully saturated rings. The van der Waals surface area contributed by atoms with Crippen LogP contribution in [-0.4, -0.2) is 74.3 Å². The van der Waals surface area contributed by atoms with E-state index in [0.29, 0.717) is 5.56 Å². The molecule has 2 aromatic rings. The SMILES string of the molecule is CC(C)[C@H]1OC(=O)[C@@H](C)[C@@H](O)[C@H](Cc2cccnc2)NC(=O)[C@@H](NC(=O)c2ncccc2O)[C@@H](C)OC1=O. The molecule has 1 aliphatic heterocycles. The van der Waals surface area contributed by atoms with Crippen molar-refractivity contribution >= 4 is 23.8 Å². The number of hydrogen-bond donors (Lipinski definition) is 4. The van der Waals surface area contributed by atoms with Crippen LogP contribution in [0.4, 0.5) is 0 Å². The summed E-state index contributed by atoms with van der Waals surface area (Å²) in [6, 6.07) is 3.67. The van der Waals surface area contributed by atoms with Gasteiger partial charge in [0, 0.05) is 24.5 Å². The molecule has 204 valence electrons. The number of rotatable bonds is 5. The van der Waals surface area contributed by atoms with Crippen LogP contribution in [0.1, 0.15) is 43.7 Å². The molecule has 0 bridgehead atoms. The Kier molecular flexibility index (Phi) is 9.35. The first kappa shape index (κ1) is 28.5. The molecule has 6 atom stereocenters. The van der Waals surface area contributed by atoms with Crippen molar-refractivity contribution in [3.63, 3.8) is 0 Å². The second-order valence-corrected chi connectivity index (χ2v) is 9.53. The quantitative estimate of drug-likeness (QED) is 0.400. The third-order valence-electron chi connectivity index (χ3n) is 6.23. The van der Waals surface area contributed by atoms with E-state index in [1.54, 1.807) is 38.4 Å². The summed E-state index contributed by atoms with van der Waals surface area (Å²) in [6.45, 7) is 6.12. The number of amides is 2. The molecule has 0 unspecified atom stereocenters. The minimum absolute atomic E-state index is 0.0990. The van der Waals surface area contributed by atoms with Crippen LogP contribution in [0.15, 0.2) is 42.9 Å². The lowest BCUT2D eigenvalue weighted by molar-refractivity contribution is -0.180. The Morgan fingerprint density at radius 2 is 1.82 bits per heavy atom. The van der Waals surface area contributed by atoms with Crippen LogP contribution in [0.3, 0.4) is 0 Å². The number of esters is 2. The zero-order valence-corrected chi connectivity index (χ0v) is 21.5. The van der Waals surface area contributed by atoms with Crippen LogP contribution >= 0.6 is 0 Å². The fourth-order valence-electron chi connectivity index (χ4n) is 3.97. The fraction of sp³-hybridized carbons (Fsp3) is 0.462. The molecule has 0 spiro atoms. The minimum atomic E-state index is -1.45. The van der Waals surface area contributed by atoms with Crippen LogP contribution in [0.2, 0.25) is 0 Å². The van der Waals surface area contributed by atoms with E-state index in [1.165, 1.54) is 32.2 Å². The number of aromatic hydroxyl groups is 1. The van der Waals surface area contributed by atoms with E-state index < -0.39 is 71.7 Å². The fourth-order valence-corrected chi connectivity index (χ4v) is 3.97. The lowest BCUT2D eigenvalue weighted by atomic mass is 9.92. The van der Waals surface area contributed by atoms with E-state index in [2.05, 4.69) is 20.6 Å². The molecule has 2 aromatic heterocycles. The van der Waals surface area contributed by atoms with Gasteiger partial charge in [0.05, 0.1) is 18.1 Å². The van der Waals surface area contributed by atoms with Gasteiger partial charge in [0.15, 0.2) is 5.69 Å². The first-order valence-electron chi connectivity index (χ1n) is 12.2. The summed E-state index contributed by atoms with van der Waals surface area (Å²) in [5.74, 6) is -5.43. The highest BCUT2D eigenvalue weighted by Gasteiger charge is 2.40. The standard InChI is InChI=1S/C26H32N4O8/c1-13(2)22-26(36)37-15(4)19(30-24(34)20-18(31)8-6-10-28-20)23(33)29-17(11-16-7-5-9-27-12-16)21(32)14(3)25(35)38-22/h5-10,12-15,17,19,21-22,31-32H,11H2,1-4H3,(H,29,33)(H,30,34)/t14-,15+,17-,19-,21+,22+/m0/s1. The number of pyridine rings is 2. The lowest BCUT2D eigenvalue weighted by Gasteiger charge is -2.33. The third kappa shape index (κ3) is 6.82. The summed E-state index contributed by atoms with van der Waals surface area (Å²) in [7, 11) is 0. The van der Waals surface area contributed by atoms with Crippen LogP contribution < -0.4 is 10.6 Å². The monoisotopic (exact) mass is 528 g/mol. The van der Waals surface area contributed by atoms with E-state index in [9.17, 15) is 29.4 Å². The van der Waals surface area contributed by atoms with Gasteiger partial charge in [-0.25, -0.2) is 9.78 Å². The number of aliphatic hydroxyl groups is 1. The lowest BCUT2D eigenvalue weighted by Crippen LogP contribution is -2.59. The molecule has 12 heteroatoms. The van der Waals surface area contributed by atoms with Crippen molar-refractivity contribution in [3.05, 3.63) is 54.1 Å². The van der Waals surface area contributed by atoms with Gasteiger partial charge in [-0.2, -0.15) is 0 Å². The molecule has 0 saturated carbocycles. The van der Waals surface area contributed by atoms with Crippen molar-refractivity contribution in [2.24, 2.45) is 11.8 Å². The van der Waals surface area contributed by atoms with Crippen LogP contribution in [-0.2, 0) is 30.3 Å². The van der Waals surface area contributed by atoms with Gasteiger partial charge >= 0.3 is 11.9 Å². The van der Waals surface area contributed by atoms with Gasteiger partial charge in [-0.15, -0.1) is 0 Å². The summed E-state index contributed by atoms with van der Waals surface area (Å²) < 4.78 is 10.9. The zero-order chi connectivity index (χ0) is 28.0. The van der Waals surface area contributed by atoms with Crippen molar-refractivity contribution in [3.8, 4) is 5.75 Å². The van der Waals surface area contributed by atoms with Crippen LogP contribution in [0.5, 0.6) is 5.75 Å². The van der Waals surface area contributed by atoms with Crippen molar-refractivity contribution < 1.29 is 38.9 Å². The molecule has 0 aromatic carbocycles. The second-order valence-electron chi connectivity index (χ2n) is 9.53. The average Bonchev–Trinajstić information content (AvgIpc) is 2.88. The first-order chi connectivity index (χ1) is 18.0. The van der Waals surface area contributed by atoms with Gasteiger partial charge in [0.25, 0.3) is 5.91 Å². The first-order valence-corrected chi connectivity index (χ1v) is 12.2. The van der Waals surface area contributed by atoms with Crippen molar-refractivity contribution in [1.29, 1.82) is 0 Å². The number of aromatic nitrogens is 2. The summed E-state index contributed by atoms with van der Waals surface area (Å²) in [6.07, 6.45) is 0.562. The van der Waals surface area contributed by atoms with Crippen molar-refractivity contribution in [2.75, 3.05) is 0 Å². The molecule has 12 nitrogen and oxygen atoms in total. The normalized spacial score (nSPS) is 26.8. The zero-order valence-electron chi connectivity index (χ0n) is 21.5. The molecule has 3 rings (SSSR count). The van der Waals surface area contributed by atoms with Crippen LogP contribution in [0, 0.1) is 11.8 Å². The molecule has 0 radical (unpaired) electrons. The van der Waals surface area contributed by atoms with E-state index in [0.717, 1.165) is 0 Å². The number of ether oxygens (including phenoxy) is 2. The van der Waals surface area contributed by atoms with Crippen LogP contribution in [0.25, 0.3) is 0 Å². The Hall–Kier alpha value is -4.06. The van der Waals surface area contributed by atoms with E-state index in [1.807, 2.05) is 0 Å². The highest BCUT2D eigenvalue weighted by atomic mass is 16.6. The summed E-state index contributed by atoms with van der Waals surface area (Å²) in [5, 5.41) is 26.3. The number of carbonyl (C=O) groups is 4. The summed E-state index contributed by atoms with van der Waals surface area (Å²) in [5.41, 5.74) is 0.336. The molecule has 1 aliphatic rings. The molecule has 38 heavy (non-hydrogen) atoms. The molecule has 3 heterocycles. The highest BCUT2D eigenvalue weighted by Crippen LogP contribution is 2.20. The maximum atomic E-state index is 13.5. The average molecular weight is 529 g/mol. The number of carbonyl (C=O) groups excluding carboxylic acids is 4. The predicted molar refractivity (Wildman–Crippen MR) is 132 cm³/mol. The van der Waals surface area contributed by atoms with Crippen molar-refractivity contribution in [1.82, 2.24) is 20.6 Å². The van der Waals surface area contributed by atoms with Gasteiger partial charge < -0.3 is 30.3 Å². The Bertz CT molecular complexity index is 1160. The Morgan fingerprint density at radius 1 is 1.11 bits per heavy atom. The number of nitrogens with zero attached hydrogens (tertiary/aromatic N) is 2. The van der Waals surface area contributed by atoms with Gasteiger partial charge in [-0.05, 0) is 44.0 Å². The molecule has 4 N–H and O–H groups in total. The van der Waals surface area contributed by atoms with Gasteiger partial charge in [0.2, 0.25) is 12.0 Å². The smallest absolute Gasteiger partial charge is 0.348 e. The van der Waals surface area contributed by atoms with Gasteiger partial charge in [0.1, 0.15) is 17.9 Å². The number of cyclic esters (lactones) is 2. The highest BCUT2D eigenvalue weighted by molar-refractivity contribution is 5.98. The Morgan fingerprint density at radius 3 is 2.45 bits per heavy atom. The molecule has 1 saturated heterocycles. The Labute approximate surface area is 219 Å². The Balaban J connectivity index is 1.99. The molecule has 0 aliphatic carbocycles. The van der Waals surface area contributed by atoms with Gasteiger partial charge in [-0.1, -0.05) is 19.9 Å². The largest absolute Gasteiger partial charge is 0.505 e. The molecular formula is C26H32N4O8. The number of aliphatic hydroxyl groups excluding tert-OH is 1. The molecular weight excluding hydrogens is 496 g/mol. The minimum Gasteiger partial charge on any atom is -0.505 e. The third-order valence-corrected chi connectivity index (χ3v) is 6.23. The van der Waals surface area contributed by atoms with Crippen molar-refractivity contribution in [2.45, 2.75) is 64.5 Å². The summed E-state index contributed by atoms with van der Waals surface area (Å²) >= 11 is 0. The maximum absolute atomic E-state index is 13.5. The van der Waals surface area contributed by atoms with Gasteiger partial charge in [-0.3, -0.25) is 19.4 Å². The number of hydrogen-bond acceptors (Lipinski definition) is 10. The topological polar surface area (TPSA) is 177 Å². The summed E-state index contributed by atoms with van der Waals surface area (Å²) in [4.78, 5) is 60.1. The maximum Gasteiger partial charge on any atom is 0.348 e. The van der Waals surface area contributed by atoms with E-state index >= 15 is 0 Å². The number of nitrogens with one attached hydrogen (secondary N) is 2. The molecule has 2 amide bonds.